The van der Waals surface area contributed by atoms with Crippen LogP contribution in [0.2, 0.25) is 0 Å². The maximum atomic E-state index is 13.6. The van der Waals surface area contributed by atoms with Gasteiger partial charge in [0.05, 0.1) is 19.0 Å². The van der Waals surface area contributed by atoms with Gasteiger partial charge < -0.3 is 10.1 Å². The molecular weight excluding hydrogens is 245 g/mol. The molecule has 0 aliphatic heterocycles. The number of methoxy groups -OCH3 is 1. The Bertz CT molecular complexity index is 553. The predicted molar refractivity (Wildman–Crippen MR) is 71.5 cm³/mol. The van der Waals surface area contributed by atoms with Gasteiger partial charge in [-0.25, -0.2) is 4.39 Å². The van der Waals surface area contributed by atoms with Crippen molar-refractivity contribution >= 4 is 0 Å². The van der Waals surface area contributed by atoms with Crippen molar-refractivity contribution < 1.29 is 9.13 Å². The largest absolute Gasteiger partial charge is 0.494 e. The Morgan fingerprint density at radius 1 is 1.47 bits per heavy atom. The van der Waals surface area contributed by atoms with Gasteiger partial charge in [0.15, 0.2) is 11.6 Å². The van der Waals surface area contributed by atoms with Crippen molar-refractivity contribution in [3.05, 3.63) is 47.0 Å². The van der Waals surface area contributed by atoms with Crippen LogP contribution in [0.5, 0.6) is 5.75 Å². The molecule has 0 spiro atoms. The number of nitrogens with one attached hydrogen (secondary N) is 2. The summed E-state index contributed by atoms with van der Waals surface area (Å²) in [5, 5.41) is 10.2. The van der Waals surface area contributed by atoms with Crippen LogP contribution in [-0.2, 0) is 6.54 Å². The van der Waals surface area contributed by atoms with Crippen LogP contribution < -0.4 is 10.1 Å². The summed E-state index contributed by atoms with van der Waals surface area (Å²) in [6.45, 7) is 4.66. The molecule has 1 atom stereocenters. The highest BCUT2D eigenvalue weighted by Crippen LogP contribution is 2.21. The van der Waals surface area contributed by atoms with Gasteiger partial charge in [-0.1, -0.05) is 6.07 Å². The number of rotatable bonds is 5. The quantitative estimate of drug-likeness (QED) is 0.872. The van der Waals surface area contributed by atoms with E-state index in [0.29, 0.717) is 6.54 Å². The molecule has 102 valence electrons. The summed E-state index contributed by atoms with van der Waals surface area (Å²) in [6, 6.07) is 5.04. The standard InChI is InChI=1S/C14H18FN3O/c1-9-7-17-18-13(9)8-16-10(2)11-4-5-14(19-3)12(15)6-11/h4-7,10,16H,8H2,1-3H3,(H,17,18). The second-order valence-electron chi connectivity index (χ2n) is 4.53. The molecule has 0 amide bonds. The highest BCUT2D eigenvalue weighted by atomic mass is 19.1. The lowest BCUT2D eigenvalue weighted by Crippen LogP contribution is -2.19. The van der Waals surface area contributed by atoms with Gasteiger partial charge in [0.2, 0.25) is 0 Å². The molecule has 1 aromatic heterocycles. The molecule has 0 radical (unpaired) electrons. The third-order valence-electron chi connectivity index (χ3n) is 3.19. The molecule has 0 fully saturated rings. The van der Waals surface area contributed by atoms with E-state index in [4.69, 9.17) is 4.74 Å². The topological polar surface area (TPSA) is 49.9 Å². The third kappa shape index (κ3) is 3.12. The molecule has 0 aliphatic rings. The smallest absolute Gasteiger partial charge is 0.165 e. The fourth-order valence-corrected chi connectivity index (χ4v) is 1.88. The molecule has 1 unspecified atom stereocenters. The molecule has 1 aromatic carbocycles. The van der Waals surface area contributed by atoms with Crippen LogP contribution in [0.15, 0.2) is 24.4 Å². The van der Waals surface area contributed by atoms with Crippen molar-refractivity contribution in [3.63, 3.8) is 0 Å². The van der Waals surface area contributed by atoms with Gasteiger partial charge in [0.25, 0.3) is 0 Å². The summed E-state index contributed by atoms with van der Waals surface area (Å²) in [5.74, 6) is -0.0771. The summed E-state index contributed by atoms with van der Waals surface area (Å²) >= 11 is 0. The third-order valence-corrected chi connectivity index (χ3v) is 3.19. The van der Waals surface area contributed by atoms with E-state index >= 15 is 0 Å². The molecule has 0 saturated carbocycles. The minimum Gasteiger partial charge on any atom is -0.494 e. The van der Waals surface area contributed by atoms with Crippen molar-refractivity contribution in [2.45, 2.75) is 26.4 Å². The Kier molecular flexibility index (Phi) is 4.16. The number of aromatic nitrogens is 2. The van der Waals surface area contributed by atoms with E-state index in [2.05, 4.69) is 15.5 Å². The zero-order valence-electron chi connectivity index (χ0n) is 11.3. The van der Waals surface area contributed by atoms with E-state index in [1.54, 1.807) is 12.3 Å². The van der Waals surface area contributed by atoms with E-state index in [9.17, 15) is 4.39 Å². The van der Waals surface area contributed by atoms with Gasteiger partial charge in [-0.15, -0.1) is 0 Å². The zero-order valence-corrected chi connectivity index (χ0v) is 11.3. The van der Waals surface area contributed by atoms with Gasteiger partial charge in [-0.2, -0.15) is 5.10 Å². The summed E-state index contributed by atoms with van der Waals surface area (Å²) in [7, 11) is 1.46. The Hall–Kier alpha value is -1.88. The molecule has 4 nitrogen and oxygen atoms in total. The highest BCUT2D eigenvalue weighted by molar-refractivity contribution is 5.30. The van der Waals surface area contributed by atoms with Crippen molar-refractivity contribution in [1.29, 1.82) is 0 Å². The van der Waals surface area contributed by atoms with E-state index in [1.165, 1.54) is 13.2 Å². The molecule has 0 bridgehead atoms. The van der Waals surface area contributed by atoms with E-state index in [-0.39, 0.29) is 17.6 Å². The van der Waals surface area contributed by atoms with Gasteiger partial charge >= 0.3 is 0 Å². The van der Waals surface area contributed by atoms with Crippen LogP contribution in [0.4, 0.5) is 4.39 Å². The van der Waals surface area contributed by atoms with Crippen molar-refractivity contribution in [2.24, 2.45) is 0 Å². The molecule has 5 heteroatoms. The first-order valence-corrected chi connectivity index (χ1v) is 6.17. The second-order valence-corrected chi connectivity index (χ2v) is 4.53. The number of halogens is 1. The van der Waals surface area contributed by atoms with Crippen LogP contribution >= 0.6 is 0 Å². The Labute approximate surface area is 112 Å². The number of aromatic amines is 1. The Morgan fingerprint density at radius 3 is 2.84 bits per heavy atom. The van der Waals surface area contributed by atoms with Crippen LogP contribution in [-0.4, -0.2) is 17.3 Å². The Balaban J connectivity index is 2.02. The zero-order chi connectivity index (χ0) is 13.8. The molecule has 2 rings (SSSR count). The summed E-state index contributed by atoms with van der Waals surface area (Å²) < 4.78 is 18.5. The van der Waals surface area contributed by atoms with Gasteiger partial charge in [0.1, 0.15) is 0 Å². The number of hydrogen-bond donors (Lipinski definition) is 2. The van der Waals surface area contributed by atoms with Crippen molar-refractivity contribution in [2.75, 3.05) is 7.11 Å². The minimum absolute atomic E-state index is 0.0445. The first-order chi connectivity index (χ1) is 9.11. The molecule has 2 aromatic rings. The normalized spacial score (nSPS) is 12.4. The first kappa shape index (κ1) is 13.5. The SMILES string of the molecule is COc1ccc(C(C)NCc2[nH]ncc2C)cc1F. The molecule has 19 heavy (non-hydrogen) atoms. The Morgan fingerprint density at radius 2 is 2.26 bits per heavy atom. The lowest BCUT2D eigenvalue weighted by molar-refractivity contribution is 0.385. The first-order valence-electron chi connectivity index (χ1n) is 6.17. The average molecular weight is 263 g/mol. The number of hydrogen-bond acceptors (Lipinski definition) is 3. The minimum atomic E-state index is -0.341. The van der Waals surface area contributed by atoms with Crippen LogP contribution in [0.3, 0.4) is 0 Å². The summed E-state index contributed by atoms with van der Waals surface area (Å²) in [5.41, 5.74) is 3.04. The van der Waals surface area contributed by atoms with Crippen molar-refractivity contribution in [3.8, 4) is 5.75 Å². The van der Waals surface area contributed by atoms with Gasteiger partial charge in [-0.05, 0) is 37.1 Å². The molecule has 0 aliphatic carbocycles. The van der Waals surface area contributed by atoms with Crippen LogP contribution in [0.1, 0.15) is 29.8 Å². The van der Waals surface area contributed by atoms with Crippen molar-refractivity contribution in [1.82, 2.24) is 15.5 Å². The fourth-order valence-electron chi connectivity index (χ4n) is 1.88. The highest BCUT2D eigenvalue weighted by Gasteiger charge is 2.10. The summed E-state index contributed by atoms with van der Waals surface area (Å²) in [6.07, 6.45) is 1.79. The monoisotopic (exact) mass is 263 g/mol. The van der Waals surface area contributed by atoms with Crippen LogP contribution in [0, 0.1) is 12.7 Å². The molecule has 2 N–H and O–H groups in total. The summed E-state index contributed by atoms with van der Waals surface area (Å²) in [4.78, 5) is 0. The number of H-pyrrole nitrogens is 1. The van der Waals surface area contributed by atoms with E-state index < -0.39 is 0 Å². The van der Waals surface area contributed by atoms with Crippen LogP contribution in [0.25, 0.3) is 0 Å². The lowest BCUT2D eigenvalue weighted by atomic mass is 10.1. The molecule has 0 saturated heterocycles. The predicted octanol–water partition coefficient (Wildman–Crippen LogP) is 2.72. The lowest BCUT2D eigenvalue weighted by Gasteiger charge is -2.15. The second kappa shape index (κ2) is 5.84. The van der Waals surface area contributed by atoms with E-state index in [0.717, 1.165) is 16.8 Å². The number of aryl methyl sites for hydroxylation is 1. The number of ether oxygens (including phenoxy) is 1. The van der Waals surface area contributed by atoms with E-state index in [1.807, 2.05) is 19.9 Å². The molecular formula is C14H18FN3O. The number of benzene rings is 1. The molecule has 1 heterocycles. The van der Waals surface area contributed by atoms with Gasteiger partial charge in [0, 0.05) is 12.6 Å². The fraction of sp³-hybridized carbons (Fsp3) is 0.357. The average Bonchev–Trinajstić information content (AvgIpc) is 2.81. The number of nitrogens with zero attached hydrogens (tertiary/aromatic N) is 1. The maximum absolute atomic E-state index is 13.6. The van der Waals surface area contributed by atoms with Gasteiger partial charge in [-0.3, -0.25) is 5.10 Å². The maximum Gasteiger partial charge on any atom is 0.165 e.